The van der Waals surface area contributed by atoms with E-state index in [9.17, 15) is 8.42 Å². The molecule has 0 radical (unpaired) electrons. The molecule has 0 fully saturated rings. The lowest BCUT2D eigenvalue weighted by Gasteiger charge is -2.09. The highest BCUT2D eigenvalue weighted by Crippen LogP contribution is 2.13. The summed E-state index contributed by atoms with van der Waals surface area (Å²) >= 11 is 0. The molecular weight excluding hydrogens is 274 g/mol. The summed E-state index contributed by atoms with van der Waals surface area (Å²) in [5, 5.41) is 8.91. The molecule has 0 saturated heterocycles. The molecule has 2 aromatic rings. The largest absolute Gasteiger partial charge is 0.244 e. The van der Waals surface area contributed by atoms with E-state index in [1.807, 2.05) is 31.2 Å². The molecule has 1 aromatic carbocycles. The lowest BCUT2D eigenvalue weighted by atomic mass is 10.1. The number of nitrogens with zero attached hydrogens (tertiary/aromatic N) is 2. The Kier molecular flexibility index (Phi) is 4.13. The van der Waals surface area contributed by atoms with Gasteiger partial charge in [-0.25, -0.2) is 18.1 Å². The second-order valence-electron chi connectivity index (χ2n) is 4.21. The minimum absolute atomic E-state index is 0.101. The van der Waals surface area contributed by atoms with Crippen LogP contribution in [0.1, 0.15) is 16.8 Å². The van der Waals surface area contributed by atoms with Crippen molar-refractivity contribution >= 4 is 10.0 Å². The second kappa shape index (κ2) is 5.82. The van der Waals surface area contributed by atoms with Crippen molar-refractivity contribution in [1.29, 1.82) is 5.26 Å². The molecule has 0 aliphatic heterocycles. The average molecular weight is 287 g/mol. The van der Waals surface area contributed by atoms with E-state index in [0.29, 0.717) is 0 Å². The zero-order chi connectivity index (χ0) is 14.6. The Labute approximate surface area is 118 Å². The normalized spacial score (nSPS) is 11.0. The molecule has 0 unspecified atom stereocenters. The van der Waals surface area contributed by atoms with Gasteiger partial charge in [0.1, 0.15) is 11.0 Å². The zero-order valence-electron chi connectivity index (χ0n) is 10.9. The van der Waals surface area contributed by atoms with E-state index in [1.165, 1.54) is 18.3 Å². The molecule has 6 heteroatoms. The first-order valence-electron chi connectivity index (χ1n) is 5.94. The number of hydrogen-bond acceptors (Lipinski definition) is 4. The molecule has 1 heterocycles. The van der Waals surface area contributed by atoms with Crippen molar-refractivity contribution in [2.45, 2.75) is 18.4 Å². The third-order valence-corrected chi connectivity index (χ3v) is 4.31. The predicted molar refractivity (Wildman–Crippen MR) is 74.2 cm³/mol. The summed E-state index contributed by atoms with van der Waals surface area (Å²) in [6.45, 7) is 2.09. The number of benzene rings is 1. The maximum atomic E-state index is 12.2. The van der Waals surface area contributed by atoms with Gasteiger partial charge in [-0.2, -0.15) is 5.26 Å². The number of nitriles is 1. The van der Waals surface area contributed by atoms with Crippen molar-refractivity contribution in [3.63, 3.8) is 0 Å². The zero-order valence-corrected chi connectivity index (χ0v) is 11.7. The molecule has 0 aliphatic rings. The first kappa shape index (κ1) is 14.2. The first-order valence-corrected chi connectivity index (χ1v) is 7.42. The van der Waals surface area contributed by atoms with Crippen LogP contribution in [0.2, 0.25) is 0 Å². The fourth-order valence-electron chi connectivity index (χ4n) is 1.75. The molecule has 1 N–H and O–H groups in total. The number of rotatable bonds is 4. The Bertz CT molecular complexity index is 764. The van der Waals surface area contributed by atoms with Gasteiger partial charge in [-0.15, -0.1) is 0 Å². The van der Waals surface area contributed by atoms with E-state index in [2.05, 4.69) is 9.71 Å². The summed E-state index contributed by atoms with van der Waals surface area (Å²) in [5.41, 5.74) is 1.78. The van der Waals surface area contributed by atoms with Gasteiger partial charge in [-0.3, -0.25) is 0 Å². The quantitative estimate of drug-likeness (QED) is 0.928. The summed E-state index contributed by atoms with van der Waals surface area (Å²) in [6.07, 6.45) is 1.39. The molecule has 0 bridgehead atoms. The van der Waals surface area contributed by atoms with Crippen LogP contribution in [-0.2, 0) is 16.6 Å². The van der Waals surface area contributed by atoms with Crippen LogP contribution in [0.4, 0.5) is 0 Å². The van der Waals surface area contributed by atoms with Crippen LogP contribution in [-0.4, -0.2) is 13.4 Å². The van der Waals surface area contributed by atoms with Gasteiger partial charge in [-0.1, -0.05) is 24.3 Å². The van der Waals surface area contributed by atoms with Crippen LogP contribution in [0.5, 0.6) is 0 Å². The first-order chi connectivity index (χ1) is 9.54. The molecule has 0 atom stereocenters. The molecule has 20 heavy (non-hydrogen) atoms. The molecule has 0 saturated carbocycles. The number of pyridine rings is 1. The van der Waals surface area contributed by atoms with Crippen molar-refractivity contribution < 1.29 is 8.42 Å². The summed E-state index contributed by atoms with van der Waals surface area (Å²) in [6, 6.07) is 12.1. The Morgan fingerprint density at radius 3 is 2.70 bits per heavy atom. The number of hydrogen-bond donors (Lipinski definition) is 1. The molecule has 2 rings (SSSR count). The second-order valence-corrected chi connectivity index (χ2v) is 5.95. The van der Waals surface area contributed by atoms with E-state index in [0.717, 1.165) is 11.1 Å². The third-order valence-electron chi connectivity index (χ3n) is 2.88. The molecule has 5 nitrogen and oxygen atoms in total. The number of sulfonamides is 1. The van der Waals surface area contributed by atoms with Crippen LogP contribution >= 0.6 is 0 Å². The highest BCUT2D eigenvalue weighted by atomic mass is 32.2. The Morgan fingerprint density at radius 2 is 2.00 bits per heavy atom. The van der Waals surface area contributed by atoms with E-state index in [4.69, 9.17) is 5.26 Å². The number of aromatic nitrogens is 1. The van der Waals surface area contributed by atoms with Crippen molar-refractivity contribution in [3.05, 3.63) is 59.4 Å². The van der Waals surface area contributed by atoms with E-state index in [-0.39, 0.29) is 17.1 Å². The van der Waals surface area contributed by atoms with Crippen LogP contribution in [0, 0.1) is 18.3 Å². The monoisotopic (exact) mass is 287 g/mol. The molecule has 0 aliphatic carbocycles. The van der Waals surface area contributed by atoms with Gasteiger partial charge in [-0.05, 0) is 30.2 Å². The minimum Gasteiger partial charge on any atom is -0.244 e. The molecular formula is C14H13N3O2S. The minimum atomic E-state index is -3.75. The fourth-order valence-corrected chi connectivity index (χ4v) is 2.86. The van der Waals surface area contributed by atoms with Crippen LogP contribution in [0.3, 0.4) is 0 Å². The van der Waals surface area contributed by atoms with E-state index >= 15 is 0 Å². The standard InChI is InChI=1S/C14H13N3O2S/c1-11-5-2-3-6-12(11)10-17-20(18,19)14-7-4-8-16-13(14)9-15/h2-8,17H,10H2,1H3. The Balaban J connectivity index is 2.25. The molecule has 0 spiro atoms. The molecule has 102 valence electrons. The maximum Gasteiger partial charge on any atom is 0.243 e. The van der Waals surface area contributed by atoms with Crippen LogP contribution in [0.25, 0.3) is 0 Å². The SMILES string of the molecule is Cc1ccccc1CNS(=O)(=O)c1cccnc1C#N. The Morgan fingerprint density at radius 1 is 1.25 bits per heavy atom. The molecule has 1 aromatic heterocycles. The van der Waals surface area contributed by atoms with Crippen molar-refractivity contribution in [2.75, 3.05) is 0 Å². The van der Waals surface area contributed by atoms with Gasteiger partial charge < -0.3 is 0 Å². The van der Waals surface area contributed by atoms with Crippen molar-refractivity contribution in [1.82, 2.24) is 9.71 Å². The van der Waals surface area contributed by atoms with Gasteiger partial charge in [0, 0.05) is 12.7 Å². The van der Waals surface area contributed by atoms with Crippen molar-refractivity contribution in [2.24, 2.45) is 0 Å². The predicted octanol–water partition coefficient (Wildman–Crippen LogP) is 1.74. The van der Waals surface area contributed by atoms with E-state index < -0.39 is 10.0 Å². The van der Waals surface area contributed by atoms with Crippen molar-refractivity contribution in [3.8, 4) is 6.07 Å². The van der Waals surface area contributed by atoms with Gasteiger partial charge in [0.25, 0.3) is 0 Å². The van der Waals surface area contributed by atoms with Gasteiger partial charge in [0.05, 0.1) is 0 Å². The maximum absolute atomic E-state index is 12.2. The van der Waals surface area contributed by atoms with Crippen LogP contribution < -0.4 is 4.72 Å². The van der Waals surface area contributed by atoms with E-state index in [1.54, 1.807) is 6.07 Å². The lowest BCUT2D eigenvalue weighted by Crippen LogP contribution is -2.24. The highest BCUT2D eigenvalue weighted by Gasteiger charge is 2.18. The smallest absolute Gasteiger partial charge is 0.243 e. The Hall–Kier alpha value is -2.23. The van der Waals surface area contributed by atoms with Gasteiger partial charge >= 0.3 is 0 Å². The summed E-state index contributed by atoms with van der Waals surface area (Å²) < 4.78 is 26.9. The fraction of sp³-hybridized carbons (Fsp3) is 0.143. The third kappa shape index (κ3) is 3.02. The average Bonchev–Trinajstić information content (AvgIpc) is 2.46. The van der Waals surface area contributed by atoms with Gasteiger partial charge in [0.15, 0.2) is 5.69 Å². The summed E-state index contributed by atoms with van der Waals surface area (Å²) in [5.74, 6) is 0. The number of nitrogens with one attached hydrogen (secondary N) is 1. The summed E-state index contributed by atoms with van der Waals surface area (Å²) in [7, 11) is -3.75. The lowest BCUT2D eigenvalue weighted by molar-refractivity contribution is 0.580. The molecule has 0 amide bonds. The van der Waals surface area contributed by atoms with Crippen LogP contribution in [0.15, 0.2) is 47.5 Å². The number of aryl methyl sites for hydroxylation is 1. The highest BCUT2D eigenvalue weighted by molar-refractivity contribution is 7.89. The van der Waals surface area contributed by atoms with Gasteiger partial charge in [0.2, 0.25) is 10.0 Å². The summed E-state index contributed by atoms with van der Waals surface area (Å²) in [4.78, 5) is 3.65. The topological polar surface area (TPSA) is 82.8 Å².